The Balaban J connectivity index is 0.00000385. The number of rotatable bonds is 11. The van der Waals surface area contributed by atoms with Gasteiger partial charge in [0.25, 0.3) is 0 Å². The highest BCUT2D eigenvalue weighted by atomic mass is 35.5. The minimum atomic E-state index is -0.432. The summed E-state index contributed by atoms with van der Waals surface area (Å²) in [6.07, 6.45) is 0.405. The number of hydrogen-bond acceptors (Lipinski definition) is 3. The molecule has 0 N–H and O–H groups in total. The summed E-state index contributed by atoms with van der Waals surface area (Å²) in [5.74, 6) is 1.06. The number of benzene rings is 3. The average molecular weight is 466 g/mol. The van der Waals surface area contributed by atoms with E-state index in [1.165, 1.54) is 0 Å². The Kier molecular flexibility index (Phi) is 10.1. The number of ether oxygens (including phenoxy) is 1. The predicted molar refractivity (Wildman–Crippen MR) is 140 cm³/mol. The molecule has 1 unspecified atom stereocenters. The van der Waals surface area contributed by atoms with E-state index in [4.69, 9.17) is 4.74 Å². The van der Waals surface area contributed by atoms with Gasteiger partial charge in [-0.15, -0.1) is 12.4 Å². The van der Waals surface area contributed by atoms with E-state index >= 15 is 0 Å². The lowest BCUT2D eigenvalue weighted by Crippen LogP contribution is -2.28. The van der Waals surface area contributed by atoms with Crippen molar-refractivity contribution in [2.45, 2.75) is 39.5 Å². The van der Waals surface area contributed by atoms with Crippen molar-refractivity contribution in [2.75, 3.05) is 26.2 Å². The lowest BCUT2D eigenvalue weighted by atomic mass is 9.72. The van der Waals surface area contributed by atoms with Crippen LogP contribution >= 0.6 is 12.4 Å². The molecule has 0 radical (unpaired) electrons. The summed E-state index contributed by atoms with van der Waals surface area (Å²) < 4.78 is 6.09. The van der Waals surface area contributed by atoms with Gasteiger partial charge in [0, 0.05) is 23.9 Å². The number of halogens is 1. The summed E-state index contributed by atoms with van der Waals surface area (Å²) in [5.41, 5.74) is 3.68. The normalized spacial score (nSPS) is 12.6. The van der Waals surface area contributed by atoms with Crippen LogP contribution in [0.5, 0.6) is 5.75 Å². The molecular formula is C29H36ClNO2. The highest BCUT2D eigenvalue weighted by Crippen LogP contribution is 2.38. The van der Waals surface area contributed by atoms with Gasteiger partial charge in [0.1, 0.15) is 12.4 Å². The minimum absolute atomic E-state index is 0. The molecule has 0 amide bonds. The Morgan fingerprint density at radius 2 is 1.48 bits per heavy atom. The van der Waals surface area contributed by atoms with E-state index in [9.17, 15) is 4.79 Å². The first-order chi connectivity index (χ1) is 15.5. The molecule has 0 fully saturated rings. The smallest absolute Gasteiger partial charge is 0.164 e. The lowest BCUT2D eigenvalue weighted by Gasteiger charge is -2.31. The number of likely N-dealkylation sites (N-methyl/N-ethyl adjacent to an activating group) is 1. The third-order valence-corrected chi connectivity index (χ3v) is 6.39. The molecule has 4 heteroatoms. The van der Waals surface area contributed by atoms with Crippen molar-refractivity contribution in [3.8, 4) is 5.75 Å². The number of carbonyl (C=O) groups excluding carboxylic acids is 1. The van der Waals surface area contributed by atoms with Crippen molar-refractivity contribution >= 4 is 18.2 Å². The number of hydrogen-bond donors (Lipinski definition) is 0. The monoisotopic (exact) mass is 465 g/mol. The van der Waals surface area contributed by atoms with Gasteiger partial charge in [0.05, 0.1) is 0 Å². The van der Waals surface area contributed by atoms with Crippen molar-refractivity contribution in [3.63, 3.8) is 0 Å². The molecule has 0 aliphatic rings. The third-order valence-electron chi connectivity index (χ3n) is 6.39. The largest absolute Gasteiger partial charge is 0.492 e. The van der Waals surface area contributed by atoms with Gasteiger partial charge >= 0.3 is 0 Å². The standard InChI is InChI=1S/C29H35NO2.ClH/c1-5-30(6-2)19-20-32-28-18-17-26(21-23(28)3)29(4,25-15-11-8-12-16-25)22-27(31)24-13-9-7-10-14-24;/h7-18,21H,5-6,19-20,22H2,1-4H3;1H. The Bertz CT molecular complexity index is 1000. The van der Waals surface area contributed by atoms with Gasteiger partial charge in [-0.3, -0.25) is 4.79 Å². The van der Waals surface area contributed by atoms with E-state index in [0.717, 1.165) is 47.6 Å². The Hall–Kier alpha value is -2.62. The van der Waals surface area contributed by atoms with Gasteiger partial charge in [-0.05, 0) is 42.8 Å². The zero-order valence-corrected chi connectivity index (χ0v) is 21.0. The van der Waals surface area contributed by atoms with Crippen LogP contribution in [0.1, 0.15) is 54.2 Å². The van der Waals surface area contributed by atoms with Crippen molar-refractivity contribution < 1.29 is 9.53 Å². The number of ketones is 1. The van der Waals surface area contributed by atoms with Crippen LogP contribution in [0.15, 0.2) is 78.9 Å². The Labute approximate surface area is 205 Å². The molecule has 0 heterocycles. The van der Waals surface area contributed by atoms with Crippen LogP contribution in [0.3, 0.4) is 0 Å². The third kappa shape index (κ3) is 6.69. The zero-order valence-electron chi connectivity index (χ0n) is 20.2. The quantitative estimate of drug-likeness (QED) is 0.294. The van der Waals surface area contributed by atoms with E-state index in [1.54, 1.807) is 0 Å². The zero-order chi connectivity index (χ0) is 23.0. The molecule has 0 aromatic heterocycles. The summed E-state index contributed by atoms with van der Waals surface area (Å²) in [6.45, 7) is 12.2. The van der Waals surface area contributed by atoms with Crippen molar-refractivity contribution in [1.82, 2.24) is 4.90 Å². The first kappa shape index (κ1) is 26.6. The summed E-state index contributed by atoms with van der Waals surface area (Å²) in [6, 6.07) is 26.2. The number of Topliss-reactive ketones (excluding diaryl/α,β-unsaturated/α-hetero) is 1. The topological polar surface area (TPSA) is 29.5 Å². The molecular weight excluding hydrogens is 430 g/mol. The average Bonchev–Trinajstić information content (AvgIpc) is 2.83. The fourth-order valence-electron chi connectivity index (χ4n) is 4.20. The van der Waals surface area contributed by atoms with E-state index < -0.39 is 5.41 Å². The second-order valence-electron chi connectivity index (χ2n) is 8.52. The molecule has 3 aromatic carbocycles. The maximum atomic E-state index is 13.2. The van der Waals surface area contributed by atoms with Gasteiger partial charge in [0.15, 0.2) is 5.78 Å². The van der Waals surface area contributed by atoms with Crippen LogP contribution in [0.4, 0.5) is 0 Å². The highest BCUT2D eigenvalue weighted by molar-refractivity contribution is 5.97. The molecule has 0 saturated heterocycles. The van der Waals surface area contributed by atoms with E-state index in [2.05, 4.69) is 62.9 Å². The summed E-state index contributed by atoms with van der Waals surface area (Å²) in [4.78, 5) is 15.5. The fraction of sp³-hybridized carbons (Fsp3) is 0.345. The van der Waals surface area contributed by atoms with Crippen LogP contribution in [0.25, 0.3) is 0 Å². The van der Waals surface area contributed by atoms with Crippen molar-refractivity contribution in [1.29, 1.82) is 0 Å². The molecule has 0 aliphatic carbocycles. The van der Waals surface area contributed by atoms with Crippen molar-refractivity contribution in [3.05, 3.63) is 101 Å². The van der Waals surface area contributed by atoms with Gasteiger partial charge in [-0.25, -0.2) is 0 Å². The maximum Gasteiger partial charge on any atom is 0.164 e. The molecule has 3 nitrogen and oxygen atoms in total. The molecule has 176 valence electrons. The summed E-state index contributed by atoms with van der Waals surface area (Å²) in [7, 11) is 0. The van der Waals surface area contributed by atoms with E-state index in [0.29, 0.717) is 13.0 Å². The SMILES string of the molecule is CCN(CC)CCOc1ccc(C(C)(CC(=O)c2ccccc2)c2ccccc2)cc1C.Cl. The first-order valence-electron chi connectivity index (χ1n) is 11.6. The molecule has 1 atom stereocenters. The molecule has 33 heavy (non-hydrogen) atoms. The van der Waals surface area contributed by atoms with Crippen LogP contribution < -0.4 is 4.74 Å². The first-order valence-corrected chi connectivity index (χ1v) is 11.6. The predicted octanol–water partition coefficient (Wildman–Crippen LogP) is 6.72. The highest BCUT2D eigenvalue weighted by Gasteiger charge is 2.32. The van der Waals surface area contributed by atoms with Gasteiger partial charge < -0.3 is 9.64 Å². The number of nitrogens with zero attached hydrogens (tertiary/aromatic N) is 1. The van der Waals surface area contributed by atoms with Crippen LogP contribution in [-0.4, -0.2) is 36.9 Å². The second kappa shape index (κ2) is 12.6. The molecule has 0 aliphatic heterocycles. The number of carbonyl (C=O) groups is 1. The van der Waals surface area contributed by atoms with Gasteiger partial charge in [0.2, 0.25) is 0 Å². The Morgan fingerprint density at radius 1 is 0.879 bits per heavy atom. The van der Waals surface area contributed by atoms with Gasteiger partial charge in [-0.1, -0.05) is 93.6 Å². The molecule has 0 spiro atoms. The van der Waals surface area contributed by atoms with Gasteiger partial charge in [-0.2, -0.15) is 0 Å². The lowest BCUT2D eigenvalue weighted by molar-refractivity contribution is 0.0962. The molecule has 3 aromatic rings. The molecule has 0 saturated carbocycles. The summed E-state index contributed by atoms with van der Waals surface area (Å²) >= 11 is 0. The summed E-state index contributed by atoms with van der Waals surface area (Å²) in [5, 5.41) is 0. The maximum absolute atomic E-state index is 13.2. The van der Waals surface area contributed by atoms with Crippen LogP contribution in [0.2, 0.25) is 0 Å². The molecule has 0 bridgehead atoms. The van der Waals surface area contributed by atoms with Crippen molar-refractivity contribution in [2.24, 2.45) is 0 Å². The van der Waals surface area contributed by atoms with Crippen LogP contribution in [-0.2, 0) is 5.41 Å². The minimum Gasteiger partial charge on any atom is -0.492 e. The Morgan fingerprint density at radius 3 is 2.06 bits per heavy atom. The fourth-order valence-corrected chi connectivity index (χ4v) is 4.20. The van der Waals surface area contributed by atoms with Crippen LogP contribution in [0, 0.1) is 6.92 Å². The second-order valence-corrected chi connectivity index (χ2v) is 8.52. The van der Waals surface area contributed by atoms with E-state index in [1.807, 2.05) is 48.5 Å². The molecule has 3 rings (SSSR count). The number of aryl methyl sites for hydroxylation is 1. The van der Waals surface area contributed by atoms with E-state index in [-0.39, 0.29) is 18.2 Å².